The summed E-state index contributed by atoms with van der Waals surface area (Å²) in [5, 5.41) is 8.01. The molecule has 0 aromatic carbocycles. The Morgan fingerprint density at radius 1 is 1.43 bits per heavy atom. The number of hydrogen-bond acceptors (Lipinski definition) is 1. The molecule has 3 atom stereocenters. The minimum Gasteiger partial charge on any atom is -0.317 e. The van der Waals surface area contributed by atoms with E-state index in [4.69, 9.17) is 5.32 Å². The Balaban J connectivity index is 1.94. The van der Waals surface area contributed by atoms with E-state index in [0.717, 1.165) is 12.5 Å². The number of hydrogen-bond donors (Lipinski definition) is 1. The van der Waals surface area contributed by atoms with Gasteiger partial charge in [-0.25, -0.2) is 5.32 Å². The van der Waals surface area contributed by atoms with E-state index in [-0.39, 0.29) is 0 Å². The second kappa shape index (κ2) is 6.41. The number of nitrogens with zero attached hydrogens (tertiary/aromatic N) is 1. The second-order valence-electron chi connectivity index (χ2n) is 4.81. The molecule has 0 bridgehead atoms. The standard InChI is InChI=1S/C12H25N2/c1-10-6-7-12(9-10)14-8-4-5-11(2)13-3/h10-13H,4-9H2,1-3H3. The lowest BCUT2D eigenvalue weighted by Gasteiger charge is -2.12. The molecule has 0 heterocycles. The molecule has 1 aliphatic rings. The quantitative estimate of drug-likeness (QED) is 0.649. The van der Waals surface area contributed by atoms with Gasteiger partial charge in [0.05, 0.1) is 0 Å². The summed E-state index contributed by atoms with van der Waals surface area (Å²) in [6.07, 6.45) is 6.56. The van der Waals surface area contributed by atoms with Crippen molar-refractivity contribution in [1.82, 2.24) is 10.6 Å². The lowest BCUT2D eigenvalue weighted by atomic mass is 10.1. The van der Waals surface area contributed by atoms with Gasteiger partial charge in [0.2, 0.25) is 0 Å². The maximum Gasteiger partial charge on any atom is 0.0248 e. The third-order valence-corrected chi connectivity index (χ3v) is 3.34. The maximum atomic E-state index is 4.75. The molecule has 83 valence electrons. The van der Waals surface area contributed by atoms with Crippen molar-refractivity contribution in [3.8, 4) is 0 Å². The van der Waals surface area contributed by atoms with Crippen molar-refractivity contribution in [2.75, 3.05) is 13.6 Å². The largest absolute Gasteiger partial charge is 0.317 e. The zero-order valence-corrected chi connectivity index (χ0v) is 9.92. The summed E-state index contributed by atoms with van der Waals surface area (Å²) >= 11 is 0. The molecular formula is C12H25N2. The van der Waals surface area contributed by atoms with Crippen molar-refractivity contribution in [2.24, 2.45) is 5.92 Å². The van der Waals surface area contributed by atoms with Crippen LogP contribution in [0.1, 0.15) is 46.0 Å². The van der Waals surface area contributed by atoms with Gasteiger partial charge in [0.1, 0.15) is 0 Å². The van der Waals surface area contributed by atoms with Crippen molar-refractivity contribution < 1.29 is 0 Å². The molecule has 1 fully saturated rings. The van der Waals surface area contributed by atoms with Crippen molar-refractivity contribution >= 4 is 0 Å². The highest BCUT2D eigenvalue weighted by Crippen LogP contribution is 2.25. The third-order valence-electron chi connectivity index (χ3n) is 3.34. The fourth-order valence-electron chi connectivity index (χ4n) is 2.16. The van der Waals surface area contributed by atoms with E-state index in [1.165, 1.54) is 32.1 Å². The fraction of sp³-hybridized carbons (Fsp3) is 1.00. The van der Waals surface area contributed by atoms with Crippen LogP contribution in [-0.4, -0.2) is 25.7 Å². The van der Waals surface area contributed by atoms with Crippen LogP contribution in [0.2, 0.25) is 0 Å². The van der Waals surface area contributed by atoms with E-state index >= 15 is 0 Å². The molecule has 0 aromatic heterocycles. The average molecular weight is 197 g/mol. The summed E-state index contributed by atoms with van der Waals surface area (Å²) < 4.78 is 0. The smallest absolute Gasteiger partial charge is 0.0248 e. The summed E-state index contributed by atoms with van der Waals surface area (Å²) in [4.78, 5) is 0. The molecule has 0 aromatic rings. The zero-order chi connectivity index (χ0) is 10.4. The predicted octanol–water partition coefficient (Wildman–Crippen LogP) is 2.17. The van der Waals surface area contributed by atoms with Crippen LogP contribution in [0.3, 0.4) is 0 Å². The number of rotatable bonds is 6. The molecule has 1 radical (unpaired) electrons. The minimum atomic E-state index is 0.646. The summed E-state index contributed by atoms with van der Waals surface area (Å²) in [7, 11) is 2.03. The van der Waals surface area contributed by atoms with Crippen LogP contribution in [-0.2, 0) is 0 Å². The summed E-state index contributed by atoms with van der Waals surface area (Å²) in [6.45, 7) is 5.65. The van der Waals surface area contributed by atoms with Gasteiger partial charge < -0.3 is 5.32 Å². The van der Waals surface area contributed by atoms with E-state index < -0.39 is 0 Å². The van der Waals surface area contributed by atoms with Gasteiger partial charge >= 0.3 is 0 Å². The first-order valence-corrected chi connectivity index (χ1v) is 6.06. The predicted molar refractivity (Wildman–Crippen MR) is 61.6 cm³/mol. The normalized spacial score (nSPS) is 29.4. The molecular weight excluding hydrogens is 172 g/mol. The van der Waals surface area contributed by atoms with Gasteiger partial charge in [-0.05, 0) is 52.0 Å². The Kier molecular flexibility index (Phi) is 5.49. The van der Waals surface area contributed by atoms with Crippen LogP contribution in [0.4, 0.5) is 0 Å². The van der Waals surface area contributed by atoms with Crippen LogP contribution in [0.15, 0.2) is 0 Å². The van der Waals surface area contributed by atoms with E-state index in [1.54, 1.807) is 0 Å². The molecule has 1 saturated carbocycles. The Hall–Kier alpha value is -0.0800. The van der Waals surface area contributed by atoms with Gasteiger partial charge in [0.15, 0.2) is 0 Å². The topological polar surface area (TPSA) is 26.1 Å². The van der Waals surface area contributed by atoms with Gasteiger partial charge in [-0.2, -0.15) is 0 Å². The van der Waals surface area contributed by atoms with Crippen LogP contribution < -0.4 is 10.6 Å². The minimum absolute atomic E-state index is 0.646. The molecule has 3 unspecified atom stereocenters. The Bertz CT molecular complexity index is 147. The lowest BCUT2D eigenvalue weighted by molar-refractivity contribution is 0.460. The molecule has 0 saturated heterocycles. The van der Waals surface area contributed by atoms with Gasteiger partial charge in [-0.1, -0.05) is 6.92 Å². The Morgan fingerprint density at radius 3 is 2.79 bits per heavy atom. The molecule has 2 heteroatoms. The molecule has 0 aliphatic heterocycles. The molecule has 0 amide bonds. The summed E-state index contributed by atoms with van der Waals surface area (Å²) in [5.41, 5.74) is 0. The van der Waals surface area contributed by atoms with Gasteiger partial charge in [0.25, 0.3) is 0 Å². The van der Waals surface area contributed by atoms with E-state index in [1.807, 2.05) is 7.05 Å². The summed E-state index contributed by atoms with van der Waals surface area (Å²) in [6, 6.07) is 1.34. The highest BCUT2D eigenvalue weighted by molar-refractivity contribution is 4.77. The third kappa shape index (κ3) is 4.43. The number of nitrogens with one attached hydrogen (secondary N) is 1. The van der Waals surface area contributed by atoms with E-state index in [9.17, 15) is 0 Å². The highest BCUT2D eigenvalue weighted by atomic mass is 14.9. The summed E-state index contributed by atoms with van der Waals surface area (Å²) in [5.74, 6) is 0.917. The second-order valence-corrected chi connectivity index (χ2v) is 4.81. The zero-order valence-electron chi connectivity index (χ0n) is 9.92. The van der Waals surface area contributed by atoms with Gasteiger partial charge in [-0.3, -0.25) is 0 Å². The first-order valence-electron chi connectivity index (χ1n) is 6.06. The first-order chi connectivity index (χ1) is 6.72. The van der Waals surface area contributed by atoms with E-state index in [0.29, 0.717) is 12.1 Å². The van der Waals surface area contributed by atoms with Crippen molar-refractivity contribution in [1.29, 1.82) is 0 Å². The molecule has 1 aliphatic carbocycles. The van der Waals surface area contributed by atoms with Crippen molar-refractivity contribution in [3.05, 3.63) is 0 Å². The van der Waals surface area contributed by atoms with Gasteiger partial charge in [-0.15, -0.1) is 0 Å². The molecule has 1 N–H and O–H groups in total. The van der Waals surface area contributed by atoms with Crippen molar-refractivity contribution in [2.45, 2.75) is 58.0 Å². The molecule has 14 heavy (non-hydrogen) atoms. The van der Waals surface area contributed by atoms with E-state index in [2.05, 4.69) is 19.2 Å². The molecule has 1 rings (SSSR count). The average Bonchev–Trinajstić information content (AvgIpc) is 2.58. The van der Waals surface area contributed by atoms with Crippen LogP contribution in [0, 0.1) is 5.92 Å². The Morgan fingerprint density at radius 2 is 2.21 bits per heavy atom. The van der Waals surface area contributed by atoms with Crippen LogP contribution in [0.5, 0.6) is 0 Å². The lowest BCUT2D eigenvalue weighted by Crippen LogP contribution is -2.24. The van der Waals surface area contributed by atoms with Crippen LogP contribution in [0.25, 0.3) is 0 Å². The molecule has 2 nitrogen and oxygen atoms in total. The Labute approximate surface area is 88.8 Å². The maximum absolute atomic E-state index is 4.75. The van der Waals surface area contributed by atoms with Crippen LogP contribution >= 0.6 is 0 Å². The molecule has 0 spiro atoms. The SMILES string of the molecule is CNC(C)CCC[N]C1CCC(C)C1. The highest BCUT2D eigenvalue weighted by Gasteiger charge is 2.21. The van der Waals surface area contributed by atoms with Crippen molar-refractivity contribution in [3.63, 3.8) is 0 Å². The monoisotopic (exact) mass is 197 g/mol. The fourth-order valence-corrected chi connectivity index (χ4v) is 2.16. The first kappa shape index (κ1) is 12.0. The van der Waals surface area contributed by atoms with Gasteiger partial charge in [0, 0.05) is 18.6 Å².